The van der Waals surface area contributed by atoms with Crippen molar-refractivity contribution in [2.24, 2.45) is 0 Å². The Kier molecular flexibility index (Phi) is 2.67. The summed E-state index contributed by atoms with van der Waals surface area (Å²) < 4.78 is 5.19. The molecule has 4 nitrogen and oxygen atoms in total. The third-order valence-electron chi connectivity index (χ3n) is 2.60. The number of hydrogen-bond donors (Lipinski definition) is 1. The standard InChI is InChI=1S/C10H13NO3S/c1-11-4-3-6-7(5-11)15-9(10(12)13)8(6)14-2/h3-5H2,1-2H3,(H,12,13). The van der Waals surface area contributed by atoms with Gasteiger partial charge in [0.1, 0.15) is 5.75 Å². The van der Waals surface area contributed by atoms with Crippen molar-refractivity contribution >= 4 is 17.3 Å². The normalized spacial score (nSPS) is 16.1. The van der Waals surface area contributed by atoms with Crippen LogP contribution in [0.2, 0.25) is 0 Å². The zero-order valence-corrected chi connectivity index (χ0v) is 9.56. The highest BCUT2D eigenvalue weighted by atomic mass is 32.1. The lowest BCUT2D eigenvalue weighted by molar-refractivity contribution is 0.0699. The zero-order valence-electron chi connectivity index (χ0n) is 8.74. The molecule has 1 aromatic heterocycles. The third-order valence-corrected chi connectivity index (χ3v) is 3.78. The van der Waals surface area contributed by atoms with Gasteiger partial charge in [-0.2, -0.15) is 0 Å². The van der Waals surface area contributed by atoms with Gasteiger partial charge >= 0.3 is 5.97 Å². The Morgan fingerprint density at radius 2 is 2.33 bits per heavy atom. The highest BCUT2D eigenvalue weighted by Crippen LogP contribution is 2.38. The molecule has 1 aromatic rings. The monoisotopic (exact) mass is 227 g/mol. The van der Waals surface area contributed by atoms with Crippen LogP contribution in [-0.2, 0) is 13.0 Å². The van der Waals surface area contributed by atoms with Crippen molar-refractivity contribution < 1.29 is 14.6 Å². The van der Waals surface area contributed by atoms with Gasteiger partial charge in [-0.3, -0.25) is 0 Å². The molecule has 0 spiro atoms. The summed E-state index contributed by atoms with van der Waals surface area (Å²) in [5.41, 5.74) is 1.08. The summed E-state index contributed by atoms with van der Waals surface area (Å²) in [7, 11) is 3.57. The van der Waals surface area contributed by atoms with Crippen molar-refractivity contribution in [3.63, 3.8) is 0 Å². The summed E-state index contributed by atoms with van der Waals surface area (Å²) in [5.74, 6) is -0.329. The van der Waals surface area contributed by atoms with E-state index in [4.69, 9.17) is 9.84 Å². The highest BCUT2D eigenvalue weighted by Gasteiger charge is 2.26. The van der Waals surface area contributed by atoms with Gasteiger partial charge in [-0.1, -0.05) is 0 Å². The first kappa shape index (κ1) is 10.4. The van der Waals surface area contributed by atoms with E-state index in [2.05, 4.69) is 4.90 Å². The minimum Gasteiger partial charge on any atom is -0.495 e. The number of fused-ring (bicyclic) bond motifs is 1. The molecule has 1 N–H and O–H groups in total. The summed E-state index contributed by atoms with van der Waals surface area (Å²) in [6.07, 6.45) is 0.874. The molecule has 0 saturated heterocycles. The van der Waals surface area contributed by atoms with Gasteiger partial charge in [0.05, 0.1) is 7.11 Å². The van der Waals surface area contributed by atoms with E-state index in [0.29, 0.717) is 10.6 Å². The molecule has 0 bridgehead atoms. The number of rotatable bonds is 2. The van der Waals surface area contributed by atoms with E-state index in [0.717, 1.165) is 30.0 Å². The third kappa shape index (κ3) is 1.72. The molecule has 0 saturated carbocycles. The summed E-state index contributed by atoms with van der Waals surface area (Å²) in [6.45, 7) is 1.78. The Balaban J connectivity index is 2.48. The fourth-order valence-electron chi connectivity index (χ4n) is 1.86. The summed E-state index contributed by atoms with van der Waals surface area (Å²) in [5, 5.41) is 9.03. The van der Waals surface area contributed by atoms with Gasteiger partial charge in [-0.25, -0.2) is 4.79 Å². The highest BCUT2D eigenvalue weighted by molar-refractivity contribution is 7.14. The molecular formula is C10H13NO3S. The van der Waals surface area contributed by atoms with Crippen molar-refractivity contribution in [3.8, 4) is 5.75 Å². The second-order valence-electron chi connectivity index (χ2n) is 3.66. The number of carboxylic acid groups (broad SMARTS) is 1. The van der Waals surface area contributed by atoms with Gasteiger partial charge in [0.15, 0.2) is 4.88 Å². The second-order valence-corrected chi connectivity index (χ2v) is 4.76. The Hall–Kier alpha value is -1.07. The number of aromatic carboxylic acids is 1. The van der Waals surface area contributed by atoms with Crippen LogP contribution in [0.15, 0.2) is 0 Å². The molecule has 0 aliphatic carbocycles. The largest absolute Gasteiger partial charge is 0.495 e. The fourth-order valence-corrected chi connectivity index (χ4v) is 3.09. The molecule has 1 aliphatic heterocycles. The van der Waals surface area contributed by atoms with E-state index >= 15 is 0 Å². The van der Waals surface area contributed by atoms with Crippen LogP contribution in [0.3, 0.4) is 0 Å². The molecule has 5 heteroatoms. The maximum absolute atomic E-state index is 11.0. The van der Waals surface area contributed by atoms with Crippen molar-refractivity contribution in [2.45, 2.75) is 13.0 Å². The average Bonchev–Trinajstić information content (AvgIpc) is 2.55. The van der Waals surface area contributed by atoms with Crippen LogP contribution in [0.5, 0.6) is 5.75 Å². The van der Waals surface area contributed by atoms with E-state index in [-0.39, 0.29) is 0 Å². The predicted octanol–water partition coefficient (Wildman–Crippen LogP) is 1.44. The molecule has 0 radical (unpaired) electrons. The predicted molar refractivity (Wildman–Crippen MR) is 57.9 cm³/mol. The maximum atomic E-state index is 11.0. The van der Waals surface area contributed by atoms with Crippen LogP contribution >= 0.6 is 11.3 Å². The van der Waals surface area contributed by atoms with E-state index in [1.165, 1.54) is 18.4 Å². The Morgan fingerprint density at radius 3 is 2.93 bits per heavy atom. The first-order chi connectivity index (χ1) is 7.13. The van der Waals surface area contributed by atoms with E-state index < -0.39 is 5.97 Å². The molecule has 0 aromatic carbocycles. The van der Waals surface area contributed by atoms with Crippen molar-refractivity contribution in [2.75, 3.05) is 20.7 Å². The zero-order chi connectivity index (χ0) is 11.0. The Bertz CT molecular complexity index is 400. The first-order valence-electron chi connectivity index (χ1n) is 4.74. The number of hydrogen-bond acceptors (Lipinski definition) is 4. The fraction of sp³-hybridized carbons (Fsp3) is 0.500. The molecule has 15 heavy (non-hydrogen) atoms. The van der Waals surface area contributed by atoms with Gasteiger partial charge in [-0.05, 0) is 13.5 Å². The quantitative estimate of drug-likeness (QED) is 0.830. The van der Waals surface area contributed by atoms with Gasteiger partial charge in [0, 0.05) is 23.5 Å². The molecule has 82 valence electrons. The average molecular weight is 227 g/mol. The molecule has 0 unspecified atom stereocenters. The molecular weight excluding hydrogens is 214 g/mol. The number of ether oxygens (including phenoxy) is 1. The smallest absolute Gasteiger partial charge is 0.349 e. The number of nitrogens with zero attached hydrogens (tertiary/aromatic N) is 1. The number of likely N-dealkylation sites (N-methyl/N-ethyl adjacent to an activating group) is 1. The van der Waals surface area contributed by atoms with Crippen LogP contribution in [0.25, 0.3) is 0 Å². The van der Waals surface area contributed by atoms with Crippen LogP contribution in [-0.4, -0.2) is 36.7 Å². The summed E-state index contributed by atoms with van der Waals surface area (Å²) in [4.78, 5) is 14.6. The van der Waals surface area contributed by atoms with Gasteiger partial charge in [0.2, 0.25) is 0 Å². The lowest BCUT2D eigenvalue weighted by Gasteiger charge is -2.22. The van der Waals surface area contributed by atoms with Crippen molar-refractivity contribution in [1.29, 1.82) is 0 Å². The molecule has 0 fully saturated rings. The lowest BCUT2D eigenvalue weighted by atomic mass is 10.1. The topological polar surface area (TPSA) is 49.8 Å². The van der Waals surface area contributed by atoms with Gasteiger partial charge in [-0.15, -0.1) is 11.3 Å². The number of methoxy groups -OCH3 is 1. The van der Waals surface area contributed by atoms with Crippen LogP contribution in [0.1, 0.15) is 20.1 Å². The van der Waals surface area contributed by atoms with Gasteiger partial charge < -0.3 is 14.7 Å². The summed E-state index contributed by atoms with van der Waals surface area (Å²) in [6, 6.07) is 0. The van der Waals surface area contributed by atoms with Crippen molar-refractivity contribution in [3.05, 3.63) is 15.3 Å². The Labute approximate surface area is 92.1 Å². The molecule has 0 amide bonds. The number of carbonyl (C=O) groups is 1. The first-order valence-corrected chi connectivity index (χ1v) is 5.55. The van der Waals surface area contributed by atoms with Gasteiger partial charge in [0.25, 0.3) is 0 Å². The number of thiophene rings is 1. The number of carboxylic acids is 1. The van der Waals surface area contributed by atoms with E-state index in [9.17, 15) is 4.79 Å². The minimum atomic E-state index is -0.895. The SMILES string of the molecule is COc1c(C(=O)O)sc2c1CCN(C)C2. The molecule has 2 rings (SSSR count). The summed E-state index contributed by atoms with van der Waals surface area (Å²) >= 11 is 1.33. The maximum Gasteiger partial charge on any atom is 0.349 e. The van der Waals surface area contributed by atoms with Crippen LogP contribution in [0, 0.1) is 0 Å². The molecule has 1 aliphatic rings. The molecule has 2 heterocycles. The van der Waals surface area contributed by atoms with E-state index in [1.807, 2.05) is 7.05 Å². The minimum absolute atomic E-state index is 0.331. The van der Waals surface area contributed by atoms with E-state index in [1.54, 1.807) is 0 Å². The van der Waals surface area contributed by atoms with Crippen molar-refractivity contribution in [1.82, 2.24) is 4.90 Å². The second kappa shape index (κ2) is 3.83. The van der Waals surface area contributed by atoms with Crippen LogP contribution < -0.4 is 4.74 Å². The Morgan fingerprint density at radius 1 is 1.60 bits per heavy atom. The molecule has 0 atom stereocenters. The lowest BCUT2D eigenvalue weighted by Crippen LogP contribution is -2.25. The van der Waals surface area contributed by atoms with Crippen LogP contribution in [0.4, 0.5) is 0 Å².